The molecule has 5 nitrogen and oxygen atoms in total. The maximum absolute atomic E-state index is 12.6. The van der Waals surface area contributed by atoms with Crippen LogP contribution in [0.3, 0.4) is 0 Å². The number of nitrogens with zero attached hydrogens (tertiary/aromatic N) is 1. The number of hydrogen-bond acceptors (Lipinski definition) is 4. The Hall–Kier alpha value is -2.82. The second-order valence-corrected chi connectivity index (χ2v) is 7.05. The molecule has 1 amide bonds. The summed E-state index contributed by atoms with van der Waals surface area (Å²) in [5.74, 6) is 1.87. The first kappa shape index (κ1) is 17.6. The summed E-state index contributed by atoms with van der Waals surface area (Å²) in [6, 6.07) is 11.8. The van der Waals surface area contributed by atoms with Gasteiger partial charge in [-0.05, 0) is 66.6 Å². The standard InChI is InChI=1S/C22H24N2O3/c1-3-22-24-19-13-16(7-10-20(19)27-22)23-21(25)12-15-6-4-5-14-11-17(26-2)8-9-18(14)15/h7-11,13,15H,3-6,12H2,1-2H3,(H,23,25). The lowest BCUT2D eigenvalue weighted by Crippen LogP contribution is -2.19. The fourth-order valence-corrected chi connectivity index (χ4v) is 3.87. The quantitative estimate of drug-likeness (QED) is 0.703. The van der Waals surface area contributed by atoms with Crippen LogP contribution in [0.15, 0.2) is 40.8 Å². The number of rotatable bonds is 5. The van der Waals surface area contributed by atoms with Gasteiger partial charge < -0.3 is 14.5 Å². The first-order valence-electron chi connectivity index (χ1n) is 9.52. The molecule has 0 saturated carbocycles. The molecule has 1 aromatic heterocycles. The second-order valence-electron chi connectivity index (χ2n) is 7.05. The van der Waals surface area contributed by atoms with Crippen molar-refractivity contribution < 1.29 is 13.9 Å². The number of amides is 1. The molecule has 5 heteroatoms. The van der Waals surface area contributed by atoms with Gasteiger partial charge in [0.25, 0.3) is 0 Å². The van der Waals surface area contributed by atoms with Crippen LogP contribution in [0.25, 0.3) is 11.1 Å². The van der Waals surface area contributed by atoms with Crippen LogP contribution in [0.5, 0.6) is 5.75 Å². The van der Waals surface area contributed by atoms with Crippen molar-refractivity contribution in [2.24, 2.45) is 0 Å². The third-order valence-corrected chi connectivity index (χ3v) is 5.24. The highest BCUT2D eigenvalue weighted by Gasteiger charge is 2.23. The lowest BCUT2D eigenvalue weighted by Gasteiger charge is -2.25. The minimum Gasteiger partial charge on any atom is -0.497 e. The maximum Gasteiger partial charge on any atom is 0.224 e. The van der Waals surface area contributed by atoms with E-state index in [1.807, 2.05) is 31.2 Å². The van der Waals surface area contributed by atoms with Gasteiger partial charge in [-0.15, -0.1) is 0 Å². The number of fused-ring (bicyclic) bond motifs is 2. The third-order valence-electron chi connectivity index (χ3n) is 5.24. The van der Waals surface area contributed by atoms with Gasteiger partial charge >= 0.3 is 0 Å². The predicted molar refractivity (Wildman–Crippen MR) is 105 cm³/mol. The number of aromatic nitrogens is 1. The van der Waals surface area contributed by atoms with Gasteiger partial charge in [-0.25, -0.2) is 4.98 Å². The van der Waals surface area contributed by atoms with Gasteiger partial charge in [0.15, 0.2) is 11.5 Å². The van der Waals surface area contributed by atoms with Gasteiger partial charge in [0, 0.05) is 18.5 Å². The lowest BCUT2D eigenvalue weighted by atomic mass is 9.81. The number of hydrogen-bond donors (Lipinski definition) is 1. The van der Waals surface area contributed by atoms with E-state index in [2.05, 4.69) is 22.4 Å². The van der Waals surface area contributed by atoms with Crippen molar-refractivity contribution in [3.63, 3.8) is 0 Å². The van der Waals surface area contributed by atoms with Crippen molar-refractivity contribution in [1.82, 2.24) is 4.98 Å². The molecule has 3 aromatic rings. The van der Waals surface area contributed by atoms with E-state index >= 15 is 0 Å². The summed E-state index contributed by atoms with van der Waals surface area (Å²) in [5.41, 5.74) is 4.86. The molecular formula is C22H24N2O3. The molecule has 0 radical (unpaired) electrons. The van der Waals surface area contributed by atoms with Crippen molar-refractivity contribution in [1.29, 1.82) is 0 Å². The van der Waals surface area contributed by atoms with E-state index in [1.165, 1.54) is 11.1 Å². The van der Waals surface area contributed by atoms with Crippen LogP contribution < -0.4 is 10.1 Å². The Bertz CT molecular complexity index is 977. The molecule has 0 aliphatic heterocycles. The van der Waals surface area contributed by atoms with Gasteiger partial charge in [-0.3, -0.25) is 4.79 Å². The minimum atomic E-state index is 0.0298. The first-order chi connectivity index (χ1) is 13.2. The lowest BCUT2D eigenvalue weighted by molar-refractivity contribution is -0.116. The fourth-order valence-electron chi connectivity index (χ4n) is 3.87. The van der Waals surface area contributed by atoms with Crippen LogP contribution >= 0.6 is 0 Å². The normalized spacial score (nSPS) is 16.1. The van der Waals surface area contributed by atoms with Gasteiger partial charge in [0.2, 0.25) is 5.91 Å². The van der Waals surface area contributed by atoms with Crippen LogP contribution in [0.1, 0.15) is 49.1 Å². The second kappa shape index (κ2) is 7.43. The largest absolute Gasteiger partial charge is 0.497 e. The SMILES string of the molecule is CCc1nc2cc(NC(=O)CC3CCCc4cc(OC)ccc43)ccc2o1. The molecule has 1 aliphatic carbocycles. The van der Waals surface area contributed by atoms with E-state index in [4.69, 9.17) is 9.15 Å². The minimum absolute atomic E-state index is 0.0298. The third kappa shape index (κ3) is 3.68. The average molecular weight is 364 g/mol. The Morgan fingerprint density at radius 1 is 1.30 bits per heavy atom. The molecule has 140 valence electrons. The predicted octanol–water partition coefficient (Wildman–Crippen LogP) is 4.85. The van der Waals surface area contributed by atoms with Gasteiger partial charge in [-0.1, -0.05) is 13.0 Å². The Labute approximate surface area is 158 Å². The maximum atomic E-state index is 12.6. The number of benzene rings is 2. The molecule has 1 unspecified atom stereocenters. The van der Waals surface area contributed by atoms with Crippen molar-refractivity contribution >= 4 is 22.7 Å². The monoisotopic (exact) mass is 364 g/mol. The zero-order chi connectivity index (χ0) is 18.8. The van der Waals surface area contributed by atoms with Crippen LogP contribution in [-0.4, -0.2) is 18.0 Å². The van der Waals surface area contributed by atoms with Crippen LogP contribution in [0.4, 0.5) is 5.69 Å². The highest BCUT2D eigenvalue weighted by molar-refractivity contribution is 5.93. The number of carbonyl (C=O) groups excluding carboxylic acids is 1. The highest BCUT2D eigenvalue weighted by atomic mass is 16.5. The van der Waals surface area contributed by atoms with Crippen molar-refractivity contribution in [3.05, 3.63) is 53.4 Å². The number of methoxy groups -OCH3 is 1. The molecule has 1 aliphatic rings. The van der Waals surface area contributed by atoms with E-state index in [0.29, 0.717) is 12.3 Å². The summed E-state index contributed by atoms with van der Waals surface area (Å²) < 4.78 is 11.0. The van der Waals surface area contributed by atoms with Crippen LogP contribution in [0.2, 0.25) is 0 Å². The Balaban J connectivity index is 1.47. The van der Waals surface area contributed by atoms with E-state index in [0.717, 1.165) is 48.2 Å². The number of carbonyl (C=O) groups is 1. The smallest absolute Gasteiger partial charge is 0.224 e. The zero-order valence-electron chi connectivity index (χ0n) is 15.7. The summed E-state index contributed by atoms with van der Waals surface area (Å²) in [5, 5.41) is 3.02. The molecule has 0 bridgehead atoms. The first-order valence-corrected chi connectivity index (χ1v) is 9.52. The molecule has 1 atom stereocenters. The molecule has 2 aromatic carbocycles. The van der Waals surface area contributed by atoms with Gasteiger partial charge in [0.05, 0.1) is 7.11 Å². The summed E-state index contributed by atoms with van der Waals surface area (Å²) in [6.07, 6.45) is 4.42. The average Bonchev–Trinajstić information content (AvgIpc) is 3.10. The van der Waals surface area contributed by atoms with E-state index < -0.39 is 0 Å². The summed E-state index contributed by atoms with van der Waals surface area (Å²) in [6.45, 7) is 2.00. The van der Waals surface area contributed by atoms with Crippen LogP contribution in [0, 0.1) is 0 Å². The summed E-state index contributed by atoms with van der Waals surface area (Å²) in [4.78, 5) is 17.1. The highest BCUT2D eigenvalue weighted by Crippen LogP contribution is 2.36. The van der Waals surface area contributed by atoms with Crippen molar-refractivity contribution in [2.75, 3.05) is 12.4 Å². The number of anilines is 1. The molecule has 0 saturated heterocycles. The fraction of sp³-hybridized carbons (Fsp3) is 0.364. The number of aryl methyl sites for hydroxylation is 2. The topological polar surface area (TPSA) is 64.4 Å². The molecule has 1 N–H and O–H groups in total. The molecule has 1 heterocycles. The number of oxazole rings is 1. The number of nitrogens with one attached hydrogen (secondary N) is 1. The van der Waals surface area contributed by atoms with E-state index in [-0.39, 0.29) is 11.8 Å². The molecule has 0 spiro atoms. The Morgan fingerprint density at radius 3 is 3.00 bits per heavy atom. The van der Waals surface area contributed by atoms with E-state index in [1.54, 1.807) is 7.11 Å². The summed E-state index contributed by atoms with van der Waals surface area (Å²) >= 11 is 0. The van der Waals surface area contributed by atoms with Crippen molar-refractivity contribution in [2.45, 2.75) is 44.9 Å². The molecular weight excluding hydrogens is 340 g/mol. The van der Waals surface area contributed by atoms with Gasteiger partial charge in [-0.2, -0.15) is 0 Å². The summed E-state index contributed by atoms with van der Waals surface area (Å²) in [7, 11) is 1.69. The molecule has 27 heavy (non-hydrogen) atoms. The number of ether oxygens (including phenoxy) is 1. The Morgan fingerprint density at radius 2 is 2.19 bits per heavy atom. The zero-order valence-corrected chi connectivity index (χ0v) is 15.7. The molecule has 4 rings (SSSR count). The van der Waals surface area contributed by atoms with Gasteiger partial charge in [0.1, 0.15) is 11.3 Å². The Kier molecular flexibility index (Phi) is 4.84. The molecule has 0 fully saturated rings. The van der Waals surface area contributed by atoms with E-state index in [9.17, 15) is 4.79 Å². The van der Waals surface area contributed by atoms with Crippen LogP contribution in [-0.2, 0) is 17.6 Å². The van der Waals surface area contributed by atoms with Crippen molar-refractivity contribution in [3.8, 4) is 5.75 Å².